The Morgan fingerprint density at radius 3 is 2.71 bits per heavy atom. The van der Waals surface area contributed by atoms with Crippen molar-refractivity contribution in [1.29, 1.82) is 0 Å². The van der Waals surface area contributed by atoms with Crippen LogP contribution in [0.1, 0.15) is 45.4 Å². The SMILES string of the molecule is Cc1nn(-c2ccccn2)c2nc(C3CC3)cc(C(=O)NCc3ccc(S(=O)(=O)N(C)C)s3)c12. The first-order valence-corrected chi connectivity index (χ1v) is 13.1. The van der Waals surface area contributed by atoms with Crippen LogP contribution in [0.5, 0.6) is 0 Å². The van der Waals surface area contributed by atoms with E-state index in [1.54, 1.807) is 23.0 Å². The molecule has 1 amide bonds. The number of carbonyl (C=O) groups excluding carboxylic acids is 1. The van der Waals surface area contributed by atoms with E-state index < -0.39 is 10.0 Å². The van der Waals surface area contributed by atoms with Gasteiger partial charge in [0, 0.05) is 36.8 Å². The monoisotopic (exact) mass is 496 g/mol. The molecule has 0 unspecified atom stereocenters. The second-order valence-electron chi connectivity index (χ2n) is 8.44. The van der Waals surface area contributed by atoms with Gasteiger partial charge in [0.2, 0.25) is 0 Å². The molecule has 1 aliphatic carbocycles. The minimum absolute atomic E-state index is 0.225. The summed E-state index contributed by atoms with van der Waals surface area (Å²) in [6, 6.07) is 10.7. The van der Waals surface area contributed by atoms with E-state index in [2.05, 4.69) is 15.4 Å². The molecule has 4 aromatic rings. The molecule has 1 aliphatic rings. The minimum atomic E-state index is -3.50. The Kier molecular flexibility index (Phi) is 5.70. The van der Waals surface area contributed by atoms with E-state index in [1.165, 1.54) is 18.4 Å². The number of hydrogen-bond donors (Lipinski definition) is 1. The summed E-state index contributed by atoms with van der Waals surface area (Å²) in [5.74, 6) is 0.739. The first kappa shape index (κ1) is 22.6. The molecule has 0 radical (unpaired) electrons. The lowest BCUT2D eigenvalue weighted by molar-refractivity contribution is 0.0952. The molecule has 11 heteroatoms. The molecule has 0 atom stereocenters. The average Bonchev–Trinajstić information content (AvgIpc) is 3.47. The van der Waals surface area contributed by atoms with Crippen LogP contribution in [-0.2, 0) is 16.6 Å². The summed E-state index contributed by atoms with van der Waals surface area (Å²) >= 11 is 1.15. The lowest BCUT2D eigenvalue weighted by Crippen LogP contribution is -2.23. The van der Waals surface area contributed by atoms with Gasteiger partial charge in [-0.05, 0) is 50.1 Å². The van der Waals surface area contributed by atoms with Crippen LogP contribution in [0.15, 0.2) is 46.8 Å². The maximum Gasteiger partial charge on any atom is 0.252 e. The van der Waals surface area contributed by atoms with Crippen molar-refractivity contribution in [2.45, 2.75) is 36.4 Å². The molecule has 9 nitrogen and oxygen atoms in total. The minimum Gasteiger partial charge on any atom is -0.347 e. The Balaban J connectivity index is 1.48. The first-order valence-electron chi connectivity index (χ1n) is 10.9. The van der Waals surface area contributed by atoms with Crippen molar-refractivity contribution in [1.82, 2.24) is 29.4 Å². The van der Waals surface area contributed by atoms with E-state index in [-0.39, 0.29) is 16.7 Å². The van der Waals surface area contributed by atoms with Crippen LogP contribution >= 0.6 is 11.3 Å². The predicted molar refractivity (Wildman–Crippen MR) is 130 cm³/mol. The Bertz CT molecular complexity index is 1490. The van der Waals surface area contributed by atoms with Gasteiger partial charge in [-0.1, -0.05) is 6.07 Å². The molecule has 176 valence electrons. The summed E-state index contributed by atoms with van der Waals surface area (Å²) in [5.41, 5.74) is 2.70. The van der Waals surface area contributed by atoms with E-state index in [0.29, 0.717) is 34.0 Å². The fraction of sp³-hybridized carbons (Fsp3) is 0.304. The Morgan fingerprint density at radius 1 is 1.24 bits per heavy atom. The summed E-state index contributed by atoms with van der Waals surface area (Å²) < 4.78 is 27.8. The van der Waals surface area contributed by atoms with Crippen molar-refractivity contribution >= 4 is 38.3 Å². The van der Waals surface area contributed by atoms with Crippen LogP contribution in [0.4, 0.5) is 0 Å². The number of pyridine rings is 2. The quantitative estimate of drug-likeness (QED) is 0.421. The second kappa shape index (κ2) is 8.57. The molecule has 5 rings (SSSR count). The summed E-state index contributed by atoms with van der Waals surface area (Å²) in [6.07, 6.45) is 3.80. The van der Waals surface area contributed by atoms with E-state index in [0.717, 1.165) is 34.7 Å². The maximum atomic E-state index is 13.3. The van der Waals surface area contributed by atoms with Crippen molar-refractivity contribution in [3.8, 4) is 5.82 Å². The van der Waals surface area contributed by atoms with Crippen LogP contribution in [0.25, 0.3) is 16.9 Å². The smallest absolute Gasteiger partial charge is 0.252 e. The zero-order chi connectivity index (χ0) is 24.0. The molecule has 1 fully saturated rings. The van der Waals surface area contributed by atoms with Crippen molar-refractivity contribution in [2.24, 2.45) is 0 Å². The standard InChI is InChI=1S/C23H24N6O3S2/c1-14-21-17(23(30)25-13-16-9-10-20(33-16)34(31,32)28(2)3)12-18(15-7-8-15)26-22(21)29(27-14)19-6-4-5-11-24-19/h4-6,9-12,15H,7-8,13H2,1-3H3,(H,25,30). The highest BCUT2D eigenvalue weighted by atomic mass is 32.2. The maximum absolute atomic E-state index is 13.3. The number of sulfonamides is 1. The van der Waals surface area contributed by atoms with Gasteiger partial charge >= 0.3 is 0 Å². The molecule has 1 saturated carbocycles. The van der Waals surface area contributed by atoms with Gasteiger partial charge in [-0.25, -0.2) is 22.7 Å². The van der Waals surface area contributed by atoms with Gasteiger partial charge < -0.3 is 5.32 Å². The Hall–Kier alpha value is -3.15. The van der Waals surface area contributed by atoms with Gasteiger partial charge in [-0.3, -0.25) is 4.79 Å². The molecule has 34 heavy (non-hydrogen) atoms. The molecule has 0 bridgehead atoms. The zero-order valence-electron chi connectivity index (χ0n) is 19.0. The zero-order valence-corrected chi connectivity index (χ0v) is 20.7. The number of thiophene rings is 1. The molecule has 0 aromatic carbocycles. The normalized spacial score (nSPS) is 14.1. The second-order valence-corrected chi connectivity index (χ2v) is 12.0. The topological polar surface area (TPSA) is 110 Å². The van der Waals surface area contributed by atoms with Crippen molar-refractivity contribution < 1.29 is 13.2 Å². The third-order valence-corrected chi connectivity index (χ3v) is 9.10. The van der Waals surface area contributed by atoms with E-state index in [4.69, 9.17) is 4.98 Å². The largest absolute Gasteiger partial charge is 0.347 e. The number of fused-ring (bicyclic) bond motifs is 1. The van der Waals surface area contributed by atoms with E-state index >= 15 is 0 Å². The number of aromatic nitrogens is 4. The molecule has 0 aliphatic heterocycles. The lowest BCUT2D eigenvalue weighted by atomic mass is 10.1. The fourth-order valence-electron chi connectivity index (χ4n) is 3.75. The van der Waals surface area contributed by atoms with Gasteiger partial charge in [-0.15, -0.1) is 11.3 Å². The third kappa shape index (κ3) is 4.10. The van der Waals surface area contributed by atoms with Gasteiger partial charge in [0.1, 0.15) is 4.21 Å². The Morgan fingerprint density at radius 2 is 2.03 bits per heavy atom. The summed E-state index contributed by atoms with van der Waals surface area (Å²) in [6.45, 7) is 2.08. The molecular weight excluding hydrogens is 472 g/mol. The van der Waals surface area contributed by atoms with E-state index in [1.807, 2.05) is 31.2 Å². The number of aryl methyl sites for hydroxylation is 1. The highest BCUT2D eigenvalue weighted by Gasteiger charge is 2.29. The van der Waals surface area contributed by atoms with Crippen LogP contribution in [0.3, 0.4) is 0 Å². The average molecular weight is 497 g/mol. The summed E-state index contributed by atoms with van der Waals surface area (Å²) in [4.78, 5) is 23.3. The first-order chi connectivity index (χ1) is 16.3. The van der Waals surface area contributed by atoms with Gasteiger partial charge in [0.05, 0.1) is 23.2 Å². The number of nitrogens with zero attached hydrogens (tertiary/aromatic N) is 5. The molecular formula is C23H24N6O3S2. The fourth-order valence-corrected chi connectivity index (χ4v) is 6.21. The van der Waals surface area contributed by atoms with Crippen LogP contribution in [-0.4, -0.2) is 52.5 Å². The molecule has 0 saturated heterocycles. The molecule has 0 spiro atoms. The van der Waals surface area contributed by atoms with Crippen LogP contribution in [0, 0.1) is 6.92 Å². The van der Waals surface area contributed by atoms with Crippen molar-refractivity contribution in [3.63, 3.8) is 0 Å². The van der Waals surface area contributed by atoms with Crippen LogP contribution < -0.4 is 5.32 Å². The van der Waals surface area contributed by atoms with Gasteiger partial charge in [0.15, 0.2) is 11.5 Å². The third-order valence-electron chi connectivity index (χ3n) is 5.73. The summed E-state index contributed by atoms with van der Waals surface area (Å²) in [5, 5.41) is 8.27. The number of hydrogen-bond acceptors (Lipinski definition) is 7. The van der Waals surface area contributed by atoms with Crippen LogP contribution in [0.2, 0.25) is 0 Å². The molecule has 4 aromatic heterocycles. The van der Waals surface area contributed by atoms with Gasteiger partial charge in [-0.2, -0.15) is 9.78 Å². The molecule has 1 N–H and O–H groups in total. The Labute approximate surface area is 201 Å². The lowest BCUT2D eigenvalue weighted by Gasteiger charge is -2.09. The number of carbonyl (C=O) groups is 1. The summed E-state index contributed by atoms with van der Waals surface area (Å²) in [7, 11) is -0.507. The number of rotatable bonds is 7. The van der Waals surface area contributed by atoms with Crippen molar-refractivity contribution in [3.05, 3.63) is 64.4 Å². The molecule has 4 heterocycles. The highest BCUT2D eigenvalue weighted by Crippen LogP contribution is 2.40. The van der Waals surface area contributed by atoms with E-state index in [9.17, 15) is 13.2 Å². The van der Waals surface area contributed by atoms with Gasteiger partial charge in [0.25, 0.3) is 15.9 Å². The van der Waals surface area contributed by atoms with Crippen molar-refractivity contribution in [2.75, 3.05) is 14.1 Å². The highest BCUT2D eigenvalue weighted by molar-refractivity contribution is 7.91. The number of amides is 1. The number of nitrogens with one attached hydrogen (secondary N) is 1. The predicted octanol–water partition coefficient (Wildman–Crippen LogP) is 3.24.